The molecule has 1 aromatic heterocycles. The molecule has 114 valence electrons. The zero-order valence-corrected chi connectivity index (χ0v) is 13.0. The third kappa shape index (κ3) is 4.05. The topological polar surface area (TPSA) is 86.9 Å². The molecule has 2 rings (SSSR count). The first kappa shape index (κ1) is 15.5. The van der Waals surface area contributed by atoms with Gasteiger partial charge in [0.25, 0.3) is 10.0 Å². The first-order valence-electron chi connectivity index (χ1n) is 6.85. The standard InChI is InChI=1S/C14H20N4O2S/c1-3-6-15-8-12-7-14(5-4-11(12)2)21(19,20)18-13-9-16-17-10-13/h4-5,7,9-10,15,18H,3,6,8H2,1-2H3,(H,16,17). The number of aryl methyl sites for hydroxylation is 1. The summed E-state index contributed by atoms with van der Waals surface area (Å²) in [7, 11) is -3.59. The molecule has 0 fully saturated rings. The molecule has 0 radical (unpaired) electrons. The fraction of sp³-hybridized carbons (Fsp3) is 0.357. The first-order chi connectivity index (χ1) is 10.0. The molecule has 0 saturated carbocycles. The summed E-state index contributed by atoms with van der Waals surface area (Å²) >= 11 is 0. The van der Waals surface area contributed by atoms with E-state index in [1.165, 1.54) is 12.4 Å². The number of benzene rings is 1. The van der Waals surface area contributed by atoms with Crippen molar-refractivity contribution in [2.75, 3.05) is 11.3 Å². The van der Waals surface area contributed by atoms with E-state index < -0.39 is 10.0 Å². The van der Waals surface area contributed by atoms with Crippen molar-refractivity contribution in [1.29, 1.82) is 0 Å². The van der Waals surface area contributed by atoms with Crippen LogP contribution in [0.1, 0.15) is 24.5 Å². The van der Waals surface area contributed by atoms with Gasteiger partial charge in [-0.15, -0.1) is 0 Å². The molecule has 3 N–H and O–H groups in total. The van der Waals surface area contributed by atoms with Crippen molar-refractivity contribution in [3.63, 3.8) is 0 Å². The summed E-state index contributed by atoms with van der Waals surface area (Å²) in [4.78, 5) is 0.252. The number of rotatable bonds is 7. The molecule has 21 heavy (non-hydrogen) atoms. The smallest absolute Gasteiger partial charge is 0.262 e. The molecule has 0 aliphatic heterocycles. The predicted molar refractivity (Wildman–Crippen MR) is 82.6 cm³/mol. The zero-order chi connectivity index (χ0) is 15.3. The van der Waals surface area contributed by atoms with E-state index in [1.54, 1.807) is 12.1 Å². The normalized spacial score (nSPS) is 11.5. The average Bonchev–Trinajstić information content (AvgIpc) is 2.93. The molecule has 0 saturated heterocycles. The minimum atomic E-state index is -3.59. The van der Waals surface area contributed by atoms with E-state index in [1.807, 2.05) is 13.0 Å². The molecule has 0 atom stereocenters. The van der Waals surface area contributed by atoms with Crippen LogP contribution in [0.5, 0.6) is 0 Å². The van der Waals surface area contributed by atoms with Gasteiger partial charge in [0, 0.05) is 12.7 Å². The summed E-state index contributed by atoms with van der Waals surface area (Å²) in [5.41, 5.74) is 2.47. The maximum absolute atomic E-state index is 12.3. The first-order valence-corrected chi connectivity index (χ1v) is 8.33. The Labute approximate surface area is 125 Å². The number of H-pyrrole nitrogens is 1. The predicted octanol–water partition coefficient (Wildman–Crippen LogP) is 2.02. The summed E-state index contributed by atoms with van der Waals surface area (Å²) in [5, 5.41) is 9.58. The average molecular weight is 308 g/mol. The van der Waals surface area contributed by atoms with Crippen molar-refractivity contribution in [1.82, 2.24) is 15.5 Å². The zero-order valence-electron chi connectivity index (χ0n) is 12.2. The molecule has 0 aliphatic rings. The van der Waals surface area contributed by atoms with Crippen molar-refractivity contribution in [2.24, 2.45) is 0 Å². The van der Waals surface area contributed by atoms with Gasteiger partial charge in [-0.25, -0.2) is 8.42 Å². The highest BCUT2D eigenvalue weighted by Gasteiger charge is 2.16. The molecule has 7 heteroatoms. The summed E-state index contributed by atoms with van der Waals surface area (Å²) < 4.78 is 27.1. The van der Waals surface area contributed by atoms with Gasteiger partial charge in [0.2, 0.25) is 0 Å². The molecule has 2 aromatic rings. The van der Waals surface area contributed by atoms with Crippen LogP contribution in [-0.2, 0) is 16.6 Å². The van der Waals surface area contributed by atoms with Crippen LogP contribution in [0.4, 0.5) is 5.69 Å². The lowest BCUT2D eigenvalue weighted by molar-refractivity contribution is 0.600. The molecule has 1 heterocycles. The molecule has 0 amide bonds. The van der Waals surface area contributed by atoms with Crippen molar-refractivity contribution in [3.05, 3.63) is 41.7 Å². The minimum absolute atomic E-state index is 0.252. The summed E-state index contributed by atoms with van der Waals surface area (Å²) in [5.74, 6) is 0. The third-order valence-electron chi connectivity index (χ3n) is 3.12. The van der Waals surface area contributed by atoms with Crippen LogP contribution in [0.3, 0.4) is 0 Å². The van der Waals surface area contributed by atoms with Crippen molar-refractivity contribution in [2.45, 2.75) is 31.7 Å². The number of aromatic nitrogens is 2. The molecule has 0 aliphatic carbocycles. The van der Waals surface area contributed by atoms with E-state index in [0.717, 1.165) is 24.1 Å². The Hall–Kier alpha value is -1.86. The number of nitrogens with one attached hydrogen (secondary N) is 3. The second-order valence-corrected chi connectivity index (χ2v) is 6.54. The van der Waals surface area contributed by atoms with E-state index in [4.69, 9.17) is 0 Å². The summed E-state index contributed by atoms with van der Waals surface area (Å²) in [6.07, 6.45) is 3.96. The van der Waals surface area contributed by atoms with Gasteiger partial charge in [0.15, 0.2) is 0 Å². The van der Waals surface area contributed by atoms with Crippen LogP contribution < -0.4 is 10.0 Å². The Morgan fingerprint density at radius 2 is 2.14 bits per heavy atom. The molecule has 0 spiro atoms. The molecular formula is C14H20N4O2S. The fourth-order valence-corrected chi connectivity index (χ4v) is 3.01. The van der Waals surface area contributed by atoms with E-state index in [9.17, 15) is 8.42 Å². The Bertz CT molecular complexity index is 681. The Morgan fingerprint density at radius 3 is 2.81 bits per heavy atom. The van der Waals surface area contributed by atoms with E-state index in [0.29, 0.717) is 12.2 Å². The molecule has 6 nitrogen and oxygen atoms in total. The Kier molecular flexibility index (Phi) is 4.98. The SMILES string of the molecule is CCCNCc1cc(S(=O)(=O)Nc2cn[nH]c2)ccc1C. The highest BCUT2D eigenvalue weighted by Crippen LogP contribution is 2.18. The van der Waals surface area contributed by atoms with Gasteiger partial charge in [0.05, 0.1) is 16.8 Å². The maximum atomic E-state index is 12.3. The van der Waals surface area contributed by atoms with Crippen molar-refractivity contribution in [3.8, 4) is 0 Å². The number of hydrogen-bond acceptors (Lipinski definition) is 4. The van der Waals surface area contributed by atoms with Crippen LogP contribution in [0.2, 0.25) is 0 Å². The van der Waals surface area contributed by atoms with Crippen molar-refractivity contribution >= 4 is 15.7 Å². The van der Waals surface area contributed by atoms with Gasteiger partial charge in [0.1, 0.15) is 0 Å². The lowest BCUT2D eigenvalue weighted by atomic mass is 10.1. The number of nitrogens with zero attached hydrogens (tertiary/aromatic N) is 1. The van der Waals surface area contributed by atoms with Gasteiger partial charge in [-0.1, -0.05) is 13.0 Å². The summed E-state index contributed by atoms with van der Waals surface area (Å²) in [6, 6.07) is 5.15. The second-order valence-electron chi connectivity index (χ2n) is 4.86. The maximum Gasteiger partial charge on any atom is 0.262 e. The second kappa shape index (κ2) is 6.73. The molecule has 1 aromatic carbocycles. The lowest BCUT2D eigenvalue weighted by Crippen LogP contribution is -2.16. The van der Waals surface area contributed by atoms with E-state index in [2.05, 4.69) is 27.2 Å². The minimum Gasteiger partial charge on any atom is -0.313 e. The number of anilines is 1. The van der Waals surface area contributed by atoms with Crippen LogP contribution in [0, 0.1) is 6.92 Å². The quantitative estimate of drug-likeness (QED) is 0.683. The Morgan fingerprint density at radius 1 is 1.33 bits per heavy atom. The van der Waals surface area contributed by atoms with Gasteiger partial charge in [-0.05, 0) is 43.1 Å². The summed E-state index contributed by atoms with van der Waals surface area (Å²) in [6.45, 7) is 5.64. The van der Waals surface area contributed by atoms with Gasteiger partial charge in [-0.2, -0.15) is 5.10 Å². The van der Waals surface area contributed by atoms with Gasteiger partial charge >= 0.3 is 0 Å². The highest BCUT2D eigenvalue weighted by molar-refractivity contribution is 7.92. The van der Waals surface area contributed by atoms with E-state index >= 15 is 0 Å². The van der Waals surface area contributed by atoms with Crippen LogP contribution in [0.25, 0.3) is 0 Å². The fourth-order valence-electron chi connectivity index (χ4n) is 1.93. The largest absolute Gasteiger partial charge is 0.313 e. The lowest BCUT2D eigenvalue weighted by Gasteiger charge is -2.11. The van der Waals surface area contributed by atoms with Crippen LogP contribution in [-0.4, -0.2) is 25.2 Å². The third-order valence-corrected chi connectivity index (χ3v) is 4.50. The molecular weight excluding hydrogens is 288 g/mol. The Balaban J connectivity index is 2.20. The monoisotopic (exact) mass is 308 g/mol. The van der Waals surface area contributed by atoms with E-state index in [-0.39, 0.29) is 4.90 Å². The number of aromatic amines is 1. The van der Waals surface area contributed by atoms with Crippen LogP contribution >= 0.6 is 0 Å². The number of hydrogen-bond donors (Lipinski definition) is 3. The van der Waals surface area contributed by atoms with Crippen molar-refractivity contribution < 1.29 is 8.42 Å². The van der Waals surface area contributed by atoms with Gasteiger partial charge in [-0.3, -0.25) is 9.82 Å². The van der Waals surface area contributed by atoms with Gasteiger partial charge < -0.3 is 5.32 Å². The number of sulfonamides is 1. The molecule has 0 unspecified atom stereocenters. The highest BCUT2D eigenvalue weighted by atomic mass is 32.2. The molecule has 0 bridgehead atoms. The van der Waals surface area contributed by atoms with Crippen LogP contribution in [0.15, 0.2) is 35.5 Å².